The Morgan fingerprint density at radius 3 is 2.11 bits per heavy atom. The number of aliphatic hydroxyl groups is 1. The minimum Gasteiger partial charge on any atom is -0.352 e. The summed E-state index contributed by atoms with van der Waals surface area (Å²) >= 11 is 0. The average Bonchev–Trinajstić information content (AvgIpc) is 2.13. The van der Waals surface area contributed by atoms with Gasteiger partial charge in [-0.1, -0.05) is 0 Å². The van der Waals surface area contributed by atoms with Gasteiger partial charge in [-0.15, -0.1) is 0 Å². The molecule has 0 bridgehead atoms. The van der Waals surface area contributed by atoms with Gasteiger partial charge in [-0.3, -0.25) is 9.13 Å². The largest absolute Gasteiger partial charge is 0.390 e. The standard InChI is InChI=1S/C7H12N2O7P2/c1-5-2-3-8-6(4-5)9-7(10,17(11,12)13)18(14,15)16/h2-4,10H,1H3,(H,8,9)(H2,11,12,13)(H2,14,15,16). The highest BCUT2D eigenvalue weighted by Gasteiger charge is 2.60. The molecule has 0 radical (unpaired) electrons. The zero-order valence-corrected chi connectivity index (χ0v) is 10.9. The number of rotatable bonds is 4. The Labute approximate surface area is 102 Å². The maximum absolute atomic E-state index is 11.1. The van der Waals surface area contributed by atoms with Crippen LogP contribution in [0.4, 0.5) is 5.82 Å². The van der Waals surface area contributed by atoms with E-state index in [9.17, 15) is 14.2 Å². The van der Waals surface area contributed by atoms with Crippen molar-refractivity contribution in [2.24, 2.45) is 0 Å². The fraction of sp³-hybridized carbons (Fsp3) is 0.286. The second-order valence-corrected chi connectivity index (χ2v) is 7.39. The maximum Gasteiger partial charge on any atom is 0.390 e. The van der Waals surface area contributed by atoms with E-state index in [2.05, 4.69) is 4.98 Å². The van der Waals surface area contributed by atoms with Crippen molar-refractivity contribution in [2.75, 3.05) is 5.32 Å². The molecule has 0 aliphatic heterocycles. The van der Waals surface area contributed by atoms with Gasteiger partial charge in [0.2, 0.25) is 0 Å². The number of hydrogen-bond acceptors (Lipinski definition) is 5. The molecule has 0 aromatic carbocycles. The van der Waals surface area contributed by atoms with Crippen LogP contribution in [-0.4, -0.2) is 34.9 Å². The van der Waals surface area contributed by atoms with Crippen LogP contribution < -0.4 is 5.32 Å². The minimum atomic E-state index is -5.55. The van der Waals surface area contributed by atoms with Crippen LogP contribution in [0.2, 0.25) is 0 Å². The molecule has 6 N–H and O–H groups in total. The molecule has 0 amide bonds. The number of hydrogen-bond donors (Lipinski definition) is 6. The van der Waals surface area contributed by atoms with Crippen LogP contribution in [-0.2, 0) is 9.13 Å². The first-order valence-corrected chi connectivity index (χ1v) is 7.74. The van der Waals surface area contributed by atoms with Gasteiger partial charge >= 0.3 is 20.4 Å². The second kappa shape index (κ2) is 4.71. The second-order valence-electron chi connectivity index (χ2n) is 3.57. The van der Waals surface area contributed by atoms with E-state index in [1.165, 1.54) is 12.3 Å². The number of aromatic nitrogens is 1. The summed E-state index contributed by atoms with van der Waals surface area (Å²) in [6.45, 7) is 1.63. The fourth-order valence-electron chi connectivity index (χ4n) is 1.09. The summed E-state index contributed by atoms with van der Waals surface area (Å²) in [4.78, 5) is 39.1. The monoisotopic (exact) mass is 298 g/mol. The van der Waals surface area contributed by atoms with Crippen LogP contribution in [0.5, 0.6) is 0 Å². The summed E-state index contributed by atoms with van der Waals surface area (Å²) in [5.74, 6) is -0.274. The van der Waals surface area contributed by atoms with Gasteiger partial charge in [0.05, 0.1) is 0 Å². The fourth-order valence-corrected chi connectivity index (χ4v) is 2.97. The number of nitrogens with one attached hydrogen (secondary N) is 1. The first-order valence-electron chi connectivity index (χ1n) is 4.52. The van der Waals surface area contributed by atoms with E-state index >= 15 is 0 Å². The molecule has 1 aromatic heterocycles. The van der Waals surface area contributed by atoms with Gasteiger partial charge in [-0.25, -0.2) is 4.98 Å². The van der Waals surface area contributed by atoms with Crippen molar-refractivity contribution in [3.63, 3.8) is 0 Å². The Hall–Kier alpha value is -0.790. The molecule has 18 heavy (non-hydrogen) atoms. The van der Waals surface area contributed by atoms with Crippen molar-refractivity contribution >= 4 is 21.0 Å². The number of aryl methyl sites for hydroxylation is 1. The molecule has 9 nitrogen and oxygen atoms in total. The molecule has 102 valence electrons. The van der Waals surface area contributed by atoms with Crippen molar-refractivity contribution in [3.8, 4) is 0 Å². The van der Waals surface area contributed by atoms with Crippen molar-refractivity contribution in [3.05, 3.63) is 23.9 Å². The van der Waals surface area contributed by atoms with Gasteiger partial charge in [0.15, 0.2) is 0 Å². The number of nitrogens with zero attached hydrogens (tertiary/aromatic N) is 1. The van der Waals surface area contributed by atoms with Crippen molar-refractivity contribution < 1.29 is 33.8 Å². The van der Waals surface area contributed by atoms with E-state index < -0.39 is 20.4 Å². The van der Waals surface area contributed by atoms with E-state index in [1.807, 2.05) is 0 Å². The maximum atomic E-state index is 11.1. The molecular weight excluding hydrogens is 286 g/mol. The van der Waals surface area contributed by atoms with Gasteiger partial charge in [0.1, 0.15) is 5.82 Å². The third-order valence-corrected chi connectivity index (χ3v) is 5.44. The average molecular weight is 298 g/mol. The third kappa shape index (κ3) is 2.96. The molecule has 0 aliphatic rings. The molecule has 0 fully saturated rings. The number of pyridine rings is 1. The third-order valence-electron chi connectivity index (χ3n) is 2.02. The molecule has 1 heterocycles. The summed E-state index contributed by atoms with van der Waals surface area (Å²) in [5, 5.41) is 7.54. The summed E-state index contributed by atoms with van der Waals surface area (Å²) in [6, 6.07) is 2.81. The van der Waals surface area contributed by atoms with Crippen LogP contribution in [0.25, 0.3) is 0 Å². The Morgan fingerprint density at radius 1 is 1.22 bits per heavy atom. The summed E-state index contributed by atoms with van der Waals surface area (Å²) < 4.78 is 22.1. The Morgan fingerprint density at radius 2 is 1.72 bits per heavy atom. The number of anilines is 1. The predicted molar refractivity (Wildman–Crippen MR) is 61.6 cm³/mol. The van der Waals surface area contributed by atoms with E-state index in [0.29, 0.717) is 5.56 Å². The molecule has 0 saturated heterocycles. The summed E-state index contributed by atoms with van der Waals surface area (Å²) in [7, 11) is -11.1. The first kappa shape index (κ1) is 15.3. The van der Waals surface area contributed by atoms with Crippen LogP contribution in [0, 0.1) is 6.92 Å². The highest BCUT2D eigenvalue weighted by molar-refractivity contribution is 7.72. The molecule has 11 heteroatoms. The lowest BCUT2D eigenvalue weighted by atomic mass is 10.3. The lowest BCUT2D eigenvalue weighted by molar-refractivity contribution is 0.152. The highest BCUT2D eigenvalue weighted by atomic mass is 31.2. The van der Waals surface area contributed by atoms with Gasteiger partial charge in [-0.05, 0) is 24.6 Å². The van der Waals surface area contributed by atoms with Crippen molar-refractivity contribution in [2.45, 2.75) is 12.1 Å². The molecule has 1 rings (SSSR count). The molecule has 0 unspecified atom stereocenters. The molecule has 1 aromatic rings. The highest BCUT2D eigenvalue weighted by Crippen LogP contribution is 2.66. The zero-order valence-electron chi connectivity index (χ0n) is 9.13. The van der Waals surface area contributed by atoms with E-state index in [1.54, 1.807) is 18.3 Å². The van der Waals surface area contributed by atoms with Gasteiger partial charge < -0.3 is 30.0 Å². The van der Waals surface area contributed by atoms with Crippen LogP contribution in [0.15, 0.2) is 18.3 Å². The molecule has 0 spiro atoms. The minimum absolute atomic E-state index is 0.274. The Kier molecular flexibility index (Phi) is 4.00. The zero-order chi connectivity index (χ0) is 14.2. The molecule has 0 atom stereocenters. The molecule has 0 saturated carbocycles. The lowest BCUT2D eigenvalue weighted by Crippen LogP contribution is -2.37. The van der Waals surface area contributed by atoms with Gasteiger partial charge in [0.25, 0.3) is 0 Å². The Balaban J connectivity index is 3.25. The molecular formula is C7H12N2O7P2. The van der Waals surface area contributed by atoms with E-state index in [4.69, 9.17) is 19.6 Å². The van der Waals surface area contributed by atoms with Crippen molar-refractivity contribution in [1.29, 1.82) is 0 Å². The Bertz CT molecular complexity index is 514. The van der Waals surface area contributed by atoms with E-state index in [-0.39, 0.29) is 5.82 Å². The first-order chi connectivity index (χ1) is 7.97. The van der Waals surface area contributed by atoms with Crippen LogP contribution in [0.1, 0.15) is 5.56 Å². The van der Waals surface area contributed by atoms with Crippen LogP contribution >= 0.6 is 15.2 Å². The smallest absolute Gasteiger partial charge is 0.352 e. The topological polar surface area (TPSA) is 160 Å². The lowest BCUT2D eigenvalue weighted by Gasteiger charge is -2.30. The normalized spacial score (nSPS) is 13.4. The van der Waals surface area contributed by atoms with Crippen LogP contribution in [0.3, 0.4) is 0 Å². The van der Waals surface area contributed by atoms with Crippen molar-refractivity contribution in [1.82, 2.24) is 4.98 Å². The van der Waals surface area contributed by atoms with Gasteiger partial charge in [-0.2, -0.15) is 0 Å². The van der Waals surface area contributed by atoms with E-state index in [0.717, 1.165) is 0 Å². The molecule has 0 aliphatic carbocycles. The SMILES string of the molecule is Cc1ccnc(NC(O)(P(=O)(O)O)P(=O)(O)O)c1. The predicted octanol–water partition coefficient (Wildman–Crippen LogP) is -0.239. The summed E-state index contributed by atoms with van der Waals surface area (Å²) in [6.07, 6.45) is 1.25. The van der Waals surface area contributed by atoms with Gasteiger partial charge in [0, 0.05) is 6.20 Å². The quantitative estimate of drug-likeness (QED) is 0.325. The summed E-state index contributed by atoms with van der Waals surface area (Å²) in [5.41, 5.74) is 0.617.